The zero-order valence-electron chi connectivity index (χ0n) is 10.9. The molecule has 2 heterocycles. The number of thiazole rings is 1. The maximum absolute atomic E-state index is 4.57. The summed E-state index contributed by atoms with van der Waals surface area (Å²) >= 11 is 1.80. The van der Waals surface area contributed by atoms with Crippen LogP contribution in [0, 0.1) is 0 Å². The van der Waals surface area contributed by atoms with Crippen molar-refractivity contribution in [2.45, 2.75) is 38.1 Å². The van der Waals surface area contributed by atoms with Crippen LogP contribution in [0.1, 0.15) is 37.6 Å². The van der Waals surface area contributed by atoms with Crippen molar-refractivity contribution in [2.75, 3.05) is 26.7 Å². The number of rotatable bonds is 4. The van der Waals surface area contributed by atoms with Crippen molar-refractivity contribution in [2.24, 2.45) is 0 Å². The lowest BCUT2D eigenvalue weighted by Gasteiger charge is -2.32. The quantitative estimate of drug-likeness (QED) is 0.893. The van der Waals surface area contributed by atoms with Gasteiger partial charge in [-0.1, -0.05) is 6.92 Å². The number of likely N-dealkylation sites (tertiary alicyclic amines) is 1. The minimum Gasteiger partial charge on any atom is -0.306 e. The average molecular weight is 253 g/mol. The first kappa shape index (κ1) is 13.0. The third kappa shape index (κ3) is 3.06. The lowest BCUT2D eigenvalue weighted by atomic mass is 9.91. The maximum atomic E-state index is 4.57. The summed E-state index contributed by atoms with van der Waals surface area (Å²) in [5, 5.41) is 7.14. The lowest BCUT2D eigenvalue weighted by molar-refractivity contribution is 0.279. The summed E-state index contributed by atoms with van der Waals surface area (Å²) in [6, 6.07) is 0. The van der Waals surface area contributed by atoms with E-state index < -0.39 is 0 Å². The Hall–Kier alpha value is -0.450. The second kappa shape index (κ2) is 5.94. The van der Waals surface area contributed by atoms with Crippen molar-refractivity contribution in [3.63, 3.8) is 0 Å². The SMILES string of the molecule is CCCNC1(c2nccs2)CCCN(C)CC1. The first-order valence-electron chi connectivity index (χ1n) is 6.60. The Labute approximate surface area is 108 Å². The molecule has 0 bridgehead atoms. The molecule has 0 aliphatic carbocycles. The molecule has 1 atom stereocenters. The summed E-state index contributed by atoms with van der Waals surface area (Å²) in [7, 11) is 2.22. The van der Waals surface area contributed by atoms with E-state index in [4.69, 9.17) is 0 Å². The molecule has 17 heavy (non-hydrogen) atoms. The Bertz CT molecular complexity index is 321. The minimum absolute atomic E-state index is 0.134. The second-order valence-corrected chi connectivity index (χ2v) is 5.90. The Morgan fingerprint density at radius 2 is 2.35 bits per heavy atom. The molecule has 1 N–H and O–H groups in total. The van der Waals surface area contributed by atoms with Gasteiger partial charge in [-0.05, 0) is 45.8 Å². The molecular weight excluding hydrogens is 230 g/mol. The fraction of sp³-hybridized carbons (Fsp3) is 0.769. The molecule has 0 amide bonds. The predicted octanol–water partition coefficient (Wildman–Crippen LogP) is 2.45. The minimum atomic E-state index is 0.134. The largest absolute Gasteiger partial charge is 0.306 e. The molecule has 1 unspecified atom stereocenters. The molecule has 3 nitrogen and oxygen atoms in total. The Morgan fingerprint density at radius 1 is 1.47 bits per heavy atom. The number of nitrogens with zero attached hydrogens (tertiary/aromatic N) is 2. The van der Waals surface area contributed by atoms with Gasteiger partial charge >= 0.3 is 0 Å². The summed E-state index contributed by atoms with van der Waals surface area (Å²) in [4.78, 5) is 7.00. The predicted molar refractivity (Wildman–Crippen MR) is 73.4 cm³/mol. The van der Waals surface area contributed by atoms with Crippen molar-refractivity contribution < 1.29 is 0 Å². The summed E-state index contributed by atoms with van der Waals surface area (Å²) in [5.74, 6) is 0. The van der Waals surface area contributed by atoms with Crippen LogP contribution < -0.4 is 5.32 Å². The van der Waals surface area contributed by atoms with Gasteiger partial charge in [0.2, 0.25) is 0 Å². The van der Waals surface area contributed by atoms with Gasteiger partial charge in [0.1, 0.15) is 5.01 Å². The highest BCUT2D eigenvalue weighted by atomic mass is 32.1. The molecule has 1 aliphatic heterocycles. The van der Waals surface area contributed by atoms with Crippen LogP contribution in [-0.4, -0.2) is 36.6 Å². The third-order valence-electron chi connectivity index (χ3n) is 3.62. The first-order chi connectivity index (χ1) is 8.27. The van der Waals surface area contributed by atoms with Crippen molar-refractivity contribution in [1.82, 2.24) is 15.2 Å². The van der Waals surface area contributed by atoms with E-state index in [0.29, 0.717) is 0 Å². The Morgan fingerprint density at radius 3 is 3.06 bits per heavy atom. The Balaban J connectivity index is 2.17. The monoisotopic (exact) mass is 253 g/mol. The molecule has 4 heteroatoms. The normalized spacial score (nSPS) is 26.9. The molecule has 96 valence electrons. The van der Waals surface area contributed by atoms with Gasteiger partial charge in [-0.15, -0.1) is 11.3 Å². The second-order valence-electron chi connectivity index (χ2n) is 5.00. The molecule has 1 aromatic heterocycles. The van der Waals surface area contributed by atoms with Crippen LogP contribution in [0.3, 0.4) is 0 Å². The lowest BCUT2D eigenvalue weighted by Crippen LogP contribution is -2.43. The zero-order chi connectivity index (χ0) is 12.1. The van der Waals surface area contributed by atoms with Gasteiger partial charge in [0.25, 0.3) is 0 Å². The molecule has 1 fully saturated rings. The summed E-state index contributed by atoms with van der Waals surface area (Å²) < 4.78 is 0. The number of hydrogen-bond acceptors (Lipinski definition) is 4. The van der Waals surface area contributed by atoms with Crippen LogP contribution in [0.15, 0.2) is 11.6 Å². The van der Waals surface area contributed by atoms with Crippen LogP contribution in [0.4, 0.5) is 0 Å². The fourth-order valence-electron chi connectivity index (χ4n) is 2.56. The number of nitrogens with one attached hydrogen (secondary N) is 1. The van der Waals surface area contributed by atoms with Crippen LogP contribution in [0.25, 0.3) is 0 Å². The molecule has 2 rings (SSSR count). The van der Waals surface area contributed by atoms with E-state index in [-0.39, 0.29) is 5.54 Å². The van der Waals surface area contributed by atoms with E-state index in [1.165, 1.54) is 37.2 Å². The summed E-state index contributed by atoms with van der Waals surface area (Å²) in [6.07, 6.45) is 6.77. The Kier molecular flexibility index (Phi) is 4.54. The smallest absolute Gasteiger partial charge is 0.113 e. The van der Waals surface area contributed by atoms with Gasteiger partial charge in [0.15, 0.2) is 0 Å². The molecule has 0 aromatic carbocycles. The number of aromatic nitrogens is 1. The standard InChI is InChI=1S/C13H23N3S/c1-3-7-15-13(12-14-8-11-17-12)5-4-9-16(2)10-6-13/h8,11,15H,3-7,9-10H2,1-2H3. The third-order valence-corrected chi connectivity index (χ3v) is 4.60. The highest BCUT2D eigenvalue weighted by molar-refractivity contribution is 7.09. The van der Waals surface area contributed by atoms with E-state index in [0.717, 1.165) is 13.1 Å². The highest BCUT2D eigenvalue weighted by Gasteiger charge is 2.35. The molecule has 1 aromatic rings. The maximum Gasteiger partial charge on any atom is 0.113 e. The van der Waals surface area contributed by atoms with Crippen LogP contribution >= 0.6 is 11.3 Å². The van der Waals surface area contributed by atoms with Crippen molar-refractivity contribution in [3.05, 3.63) is 16.6 Å². The van der Waals surface area contributed by atoms with Gasteiger partial charge < -0.3 is 10.2 Å². The number of hydrogen-bond donors (Lipinski definition) is 1. The van der Waals surface area contributed by atoms with E-state index in [1.54, 1.807) is 11.3 Å². The van der Waals surface area contributed by atoms with Crippen LogP contribution in [-0.2, 0) is 5.54 Å². The average Bonchev–Trinajstić information content (AvgIpc) is 2.80. The molecule has 1 saturated heterocycles. The van der Waals surface area contributed by atoms with Crippen LogP contribution in [0.2, 0.25) is 0 Å². The highest BCUT2D eigenvalue weighted by Crippen LogP contribution is 2.33. The molecule has 0 radical (unpaired) electrons. The van der Waals surface area contributed by atoms with Crippen molar-refractivity contribution >= 4 is 11.3 Å². The molecule has 1 aliphatic rings. The fourth-order valence-corrected chi connectivity index (χ4v) is 3.43. The van der Waals surface area contributed by atoms with Gasteiger partial charge in [0, 0.05) is 18.1 Å². The van der Waals surface area contributed by atoms with E-state index in [9.17, 15) is 0 Å². The first-order valence-corrected chi connectivity index (χ1v) is 7.48. The van der Waals surface area contributed by atoms with E-state index >= 15 is 0 Å². The molecule has 0 saturated carbocycles. The van der Waals surface area contributed by atoms with E-state index in [1.807, 2.05) is 6.20 Å². The van der Waals surface area contributed by atoms with Gasteiger partial charge in [-0.2, -0.15) is 0 Å². The zero-order valence-corrected chi connectivity index (χ0v) is 11.7. The summed E-state index contributed by atoms with van der Waals surface area (Å²) in [6.45, 7) is 5.69. The van der Waals surface area contributed by atoms with Crippen LogP contribution in [0.5, 0.6) is 0 Å². The summed E-state index contributed by atoms with van der Waals surface area (Å²) in [5.41, 5.74) is 0.134. The van der Waals surface area contributed by atoms with E-state index in [2.05, 4.69) is 34.6 Å². The van der Waals surface area contributed by atoms with Crippen molar-refractivity contribution in [3.8, 4) is 0 Å². The molecular formula is C13H23N3S. The van der Waals surface area contributed by atoms with Gasteiger partial charge in [0.05, 0.1) is 5.54 Å². The van der Waals surface area contributed by atoms with Gasteiger partial charge in [-0.25, -0.2) is 4.98 Å². The van der Waals surface area contributed by atoms with Crippen molar-refractivity contribution in [1.29, 1.82) is 0 Å². The topological polar surface area (TPSA) is 28.2 Å². The van der Waals surface area contributed by atoms with Gasteiger partial charge in [-0.3, -0.25) is 0 Å². The molecule has 0 spiro atoms.